The zero-order valence-electron chi connectivity index (χ0n) is 11.3. The average Bonchev–Trinajstić information content (AvgIpc) is 2.64. The normalized spacial score (nSPS) is 11.4. The number of hydrogen-bond donors (Lipinski definition) is 1. The number of hydrogen-bond acceptors (Lipinski definition) is 1. The summed E-state index contributed by atoms with van der Waals surface area (Å²) in [7, 11) is 1.98. The lowest BCUT2D eigenvalue weighted by Gasteiger charge is -2.20. The van der Waals surface area contributed by atoms with Crippen molar-refractivity contribution in [1.82, 2.24) is 9.47 Å². The van der Waals surface area contributed by atoms with Crippen LogP contribution in [-0.4, -0.2) is 22.0 Å². The highest BCUT2D eigenvalue weighted by Gasteiger charge is 2.12. The first-order valence-corrected chi connectivity index (χ1v) is 6.04. The Morgan fingerprint density at radius 3 is 2.67 bits per heavy atom. The number of carbonyl (C=O) groups is 1. The Bertz CT molecular complexity index is 471. The van der Waals surface area contributed by atoms with Crippen LogP contribution in [0.1, 0.15) is 24.6 Å². The summed E-state index contributed by atoms with van der Waals surface area (Å²) >= 11 is 0. The molecule has 0 atom stereocenters. The third-order valence-electron chi connectivity index (χ3n) is 2.96. The van der Waals surface area contributed by atoms with Gasteiger partial charge in [-0.25, -0.2) is 4.79 Å². The summed E-state index contributed by atoms with van der Waals surface area (Å²) in [5.74, 6) is 0. The van der Waals surface area contributed by atoms with Crippen molar-refractivity contribution >= 4 is 12.1 Å². The third-order valence-corrected chi connectivity index (χ3v) is 2.96. The Morgan fingerprint density at radius 1 is 1.61 bits per heavy atom. The van der Waals surface area contributed by atoms with Crippen molar-refractivity contribution in [3.8, 4) is 0 Å². The van der Waals surface area contributed by atoms with Crippen molar-refractivity contribution in [2.45, 2.75) is 20.3 Å². The van der Waals surface area contributed by atoms with Gasteiger partial charge in [0.15, 0.2) is 0 Å². The summed E-state index contributed by atoms with van der Waals surface area (Å²) < 4.78 is 2.03. The fourth-order valence-corrected chi connectivity index (χ4v) is 1.78. The number of amides is 2. The van der Waals surface area contributed by atoms with Crippen LogP contribution in [0.5, 0.6) is 0 Å². The Balaban J connectivity index is 3.11. The standard InChI is InChI=1S/C14H21N3O/c1-5-8-17(14(15)18)13(6-2)10-12-7-9-16(4)11(12)3/h6-7,9-10H,2,5,8H2,1,3-4H3,(H2,15,18)/b13-10+. The van der Waals surface area contributed by atoms with Crippen LogP contribution in [0.15, 0.2) is 30.6 Å². The number of nitrogens with zero attached hydrogens (tertiary/aromatic N) is 2. The Labute approximate surface area is 108 Å². The van der Waals surface area contributed by atoms with E-state index in [0.717, 1.165) is 23.4 Å². The minimum atomic E-state index is -0.448. The zero-order chi connectivity index (χ0) is 13.7. The smallest absolute Gasteiger partial charge is 0.319 e. The van der Waals surface area contributed by atoms with E-state index >= 15 is 0 Å². The quantitative estimate of drug-likeness (QED) is 0.799. The molecule has 0 unspecified atom stereocenters. The first-order valence-electron chi connectivity index (χ1n) is 6.04. The van der Waals surface area contributed by atoms with Crippen molar-refractivity contribution in [3.63, 3.8) is 0 Å². The van der Waals surface area contributed by atoms with Gasteiger partial charge in [0.05, 0.1) is 0 Å². The summed E-state index contributed by atoms with van der Waals surface area (Å²) in [6.07, 6.45) is 6.42. The molecule has 1 rings (SSSR count). The highest BCUT2D eigenvalue weighted by molar-refractivity contribution is 5.77. The van der Waals surface area contributed by atoms with Gasteiger partial charge in [-0.1, -0.05) is 13.5 Å². The second-order valence-corrected chi connectivity index (χ2v) is 4.23. The molecule has 0 saturated carbocycles. The molecule has 2 amide bonds. The van der Waals surface area contributed by atoms with Crippen molar-refractivity contribution in [2.75, 3.05) is 6.54 Å². The Morgan fingerprint density at radius 2 is 2.28 bits per heavy atom. The average molecular weight is 247 g/mol. The highest BCUT2D eigenvalue weighted by atomic mass is 16.2. The molecule has 1 aromatic heterocycles. The lowest BCUT2D eigenvalue weighted by Crippen LogP contribution is -2.35. The first kappa shape index (κ1) is 14.1. The van der Waals surface area contributed by atoms with Crippen LogP contribution < -0.4 is 5.73 Å². The van der Waals surface area contributed by atoms with Gasteiger partial charge in [0, 0.05) is 31.2 Å². The first-order chi connectivity index (χ1) is 8.51. The molecule has 0 bridgehead atoms. The van der Waals surface area contributed by atoms with Gasteiger partial charge >= 0.3 is 6.03 Å². The molecule has 0 radical (unpaired) electrons. The van der Waals surface area contributed by atoms with Crippen LogP contribution in [0.2, 0.25) is 0 Å². The molecule has 4 nitrogen and oxygen atoms in total. The molecule has 98 valence electrons. The molecule has 18 heavy (non-hydrogen) atoms. The fraction of sp³-hybridized carbons (Fsp3) is 0.357. The Kier molecular flexibility index (Phi) is 4.77. The predicted octanol–water partition coefficient (Wildman–Crippen LogP) is 2.65. The molecule has 1 heterocycles. The topological polar surface area (TPSA) is 51.3 Å². The van der Waals surface area contributed by atoms with E-state index in [1.807, 2.05) is 43.8 Å². The molecular formula is C14H21N3O. The number of aryl methyl sites for hydroxylation is 1. The van der Waals surface area contributed by atoms with Gasteiger partial charge in [-0.05, 0) is 37.1 Å². The molecule has 0 aliphatic heterocycles. The molecule has 4 heteroatoms. The van der Waals surface area contributed by atoms with E-state index in [1.165, 1.54) is 0 Å². The number of allylic oxidation sites excluding steroid dienone is 1. The molecule has 1 aromatic rings. The molecule has 0 aliphatic rings. The maximum atomic E-state index is 11.4. The predicted molar refractivity (Wildman–Crippen MR) is 74.9 cm³/mol. The van der Waals surface area contributed by atoms with E-state index in [-0.39, 0.29) is 0 Å². The van der Waals surface area contributed by atoms with E-state index in [9.17, 15) is 4.79 Å². The fourth-order valence-electron chi connectivity index (χ4n) is 1.78. The summed E-state index contributed by atoms with van der Waals surface area (Å²) in [5.41, 5.74) is 8.32. The van der Waals surface area contributed by atoms with Crippen molar-refractivity contribution in [1.29, 1.82) is 0 Å². The summed E-state index contributed by atoms with van der Waals surface area (Å²) in [6, 6.07) is 1.56. The maximum absolute atomic E-state index is 11.4. The number of carbonyl (C=O) groups excluding carboxylic acids is 1. The van der Waals surface area contributed by atoms with Gasteiger partial charge < -0.3 is 10.3 Å². The Hall–Kier alpha value is -1.97. The number of aromatic nitrogens is 1. The van der Waals surface area contributed by atoms with Gasteiger partial charge in [0.25, 0.3) is 0 Å². The summed E-state index contributed by atoms with van der Waals surface area (Å²) in [6.45, 7) is 8.38. The van der Waals surface area contributed by atoms with Crippen LogP contribution in [0.25, 0.3) is 6.08 Å². The molecule has 0 aromatic carbocycles. The third kappa shape index (κ3) is 3.03. The molecule has 0 aliphatic carbocycles. The largest absolute Gasteiger partial charge is 0.354 e. The molecule has 2 N–H and O–H groups in total. The second kappa shape index (κ2) is 6.10. The van der Waals surface area contributed by atoms with E-state index in [1.54, 1.807) is 11.0 Å². The van der Waals surface area contributed by atoms with E-state index < -0.39 is 6.03 Å². The van der Waals surface area contributed by atoms with Crippen LogP contribution in [0.4, 0.5) is 4.79 Å². The van der Waals surface area contributed by atoms with E-state index in [0.29, 0.717) is 6.54 Å². The second-order valence-electron chi connectivity index (χ2n) is 4.23. The minimum absolute atomic E-state index is 0.448. The summed E-state index contributed by atoms with van der Waals surface area (Å²) in [4.78, 5) is 13.0. The van der Waals surface area contributed by atoms with E-state index in [4.69, 9.17) is 5.73 Å². The van der Waals surface area contributed by atoms with E-state index in [2.05, 4.69) is 6.58 Å². The minimum Gasteiger partial charge on any atom is -0.354 e. The van der Waals surface area contributed by atoms with Gasteiger partial charge in [-0.2, -0.15) is 0 Å². The van der Waals surface area contributed by atoms with Crippen LogP contribution >= 0.6 is 0 Å². The van der Waals surface area contributed by atoms with Gasteiger partial charge in [-0.15, -0.1) is 0 Å². The van der Waals surface area contributed by atoms with Crippen LogP contribution in [0.3, 0.4) is 0 Å². The molecular weight excluding hydrogens is 226 g/mol. The van der Waals surface area contributed by atoms with Crippen molar-refractivity contribution in [2.24, 2.45) is 12.8 Å². The number of nitrogens with two attached hydrogens (primary N) is 1. The van der Waals surface area contributed by atoms with Crippen molar-refractivity contribution in [3.05, 3.63) is 41.9 Å². The highest BCUT2D eigenvalue weighted by Crippen LogP contribution is 2.16. The van der Waals surface area contributed by atoms with Crippen LogP contribution in [-0.2, 0) is 7.05 Å². The lowest BCUT2D eigenvalue weighted by atomic mass is 10.2. The van der Waals surface area contributed by atoms with Gasteiger partial charge in [0.1, 0.15) is 0 Å². The maximum Gasteiger partial charge on any atom is 0.319 e. The van der Waals surface area contributed by atoms with Gasteiger partial charge in [0.2, 0.25) is 0 Å². The monoisotopic (exact) mass is 247 g/mol. The SMILES string of the molecule is C=C/C(=C\c1ccn(C)c1C)N(CCC)C(N)=O. The number of urea groups is 1. The zero-order valence-corrected chi connectivity index (χ0v) is 11.3. The number of rotatable bonds is 5. The molecule has 0 spiro atoms. The molecule has 0 saturated heterocycles. The summed E-state index contributed by atoms with van der Waals surface area (Å²) in [5, 5.41) is 0. The van der Waals surface area contributed by atoms with Gasteiger partial charge in [-0.3, -0.25) is 4.90 Å². The lowest BCUT2D eigenvalue weighted by molar-refractivity contribution is 0.222. The molecule has 0 fully saturated rings. The van der Waals surface area contributed by atoms with Crippen molar-refractivity contribution < 1.29 is 4.79 Å². The van der Waals surface area contributed by atoms with Crippen LogP contribution in [0, 0.1) is 6.92 Å². The number of primary amides is 1.